The predicted octanol–water partition coefficient (Wildman–Crippen LogP) is 1.71. The Morgan fingerprint density at radius 2 is 1.64 bits per heavy atom. The van der Waals surface area contributed by atoms with Gasteiger partial charge in [0.2, 0.25) is 0 Å². The van der Waals surface area contributed by atoms with Crippen molar-refractivity contribution in [2.75, 3.05) is 31.1 Å². The van der Waals surface area contributed by atoms with Crippen molar-refractivity contribution >= 4 is 5.69 Å². The molecular weight excluding hydrogens is 172 g/mol. The first-order chi connectivity index (χ1) is 6.79. The van der Waals surface area contributed by atoms with E-state index in [2.05, 4.69) is 42.3 Å². The van der Waals surface area contributed by atoms with E-state index in [1.807, 2.05) is 0 Å². The highest BCUT2D eigenvalue weighted by atomic mass is 15.2. The maximum Gasteiger partial charge on any atom is 0.0426 e. The standard InChI is InChI=1S/C12H18N2/c1-10-4-3-5-11(2)12(10)14-8-6-13-7-9-14/h3-5,13H,6-9H2,1-2H3. The lowest BCUT2D eigenvalue weighted by Crippen LogP contribution is -2.44. The third-order valence-electron chi connectivity index (χ3n) is 2.87. The molecule has 2 nitrogen and oxygen atoms in total. The maximum atomic E-state index is 3.38. The lowest BCUT2D eigenvalue weighted by Gasteiger charge is -2.32. The van der Waals surface area contributed by atoms with E-state index in [1.165, 1.54) is 16.8 Å². The van der Waals surface area contributed by atoms with E-state index in [-0.39, 0.29) is 0 Å². The Balaban J connectivity index is 2.29. The summed E-state index contributed by atoms with van der Waals surface area (Å²) in [6.07, 6.45) is 0. The molecule has 2 rings (SSSR count). The van der Waals surface area contributed by atoms with Gasteiger partial charge < -0.3 is 10.2 Å². The van der Waals surface area contributed by atoms with Crippen LogP contribution in [0.15, 0.2) is 18.2 Å². The van der Waals surface area contributed by atoms with E-state index < -0.39 is 0 Å². The summed E-state index contributed by atoms with van der Waals surface area (Å²) in [7, 11) is 0. The first-order valence-corrected chi connectivity index (χ1v) is 5.31. The number of nitrogens with one attached hydrogen (secondary N) is 1. The van der Waals surface area contributed by atoms with Gasteiger partial charge in [0, 0.05) is 31.9 Å². The Bertz CT molecular complexity index is 294. The number of aryl methyl sites for hydroxylation is 2. The number of nitrogens with zero attached hydrogens (tertiary/aromatic N) is 1. The molecule has 0 radical (unpaired) electrons. The Morgan fingerprint density at radius 3 is 2.21 bits per heavy atom. The fourth-order valence-electron chi connectivity index (χ4n) is 2.19. The number of rotatable bonds is 1. The number of benzene rings is 1. The average Bonchev–Trinajstić information content (AvgIpc) is 2.19. The molecule has 1 aromatic rings. The molecule has 2 heteroatoms. The molecule has 1 aliphatic rings. The number of hydrogen-bond acceptors (Lipinski definition) is 2. The minimum atomic E-state index is 1.10. The van der Waals surface area contributed by atoms with Crippen LogP contribution in [0.25, 0.3) is 0 Å². The first kappa shape index (κ1) is 9.53. The van der Waals surface area contributed by atoms with Crippen LogP contribution < -0.4 is 10.2 Å². The van der Waals surface area contributed by atoms with Gasteiger partial charge in [-0.15, -0.1) is 0 Å². The molecule has 0 aliphatic carbocycles. The molecule has 0 saturated carbocycles. The van der Waals surface area contributed by atoms with Gasteiger partial charge in [-0.05, 0) is 25.0 Å². The van der Waals surface area contributed by atoms with Crippen molar-refractivity contribution < 1.29 is 0 Å². The van der Waals surface area contributed by atoms with Crippen LogP contribution in [0.1, 0.15) is 11.1 Å². The summed E-state index contributed by atoms with van der Waals surface area (Å²) < 4.78 is 0. The average molecular weight is 190 g/mol. The van der Waals surface area contributed by atoms with Crippen LogP contribution in [0, 0.1) is 13.8 Å². The van der Waals surface area contributed by atoms with E-state index in [4.69, 9.17) is 0 Å². The summed E-state index contributed by atoms with van der Waals surface area (Å²) in [5, 5.41) is 3.38. The fraction of sp³-hybridized carbons (Fsp3) is 0.500. The Hall–Kier alpha value is -1.02. The SMILES string of the molecule is Cc1cccc(C)c1N1CCNCC1. The second kappa shape index (κ2) is 4.01. The van der Waals surface area contributed by atoms with Gasteiger partial charge in [0.15, 0.2) is 0 Å². The molecule has 0 aromatic heterocycles. The molecule has 0 spiro atoms. The molecular formula is C12H18N2. The lowest BCUT2D eigenvalue weighted by molar-refractivity contribution is 0.587. The fourth-order valence-corrected chi connectivity index (χ4v) is 2.19. The van der Waals surface area contributed by atoms with Gasteiger partial charge in [0.05, 0.1) is 0 Å². The minimum absolute atomic E-state index is 1.10. The zero-order valence-corrected chi connectivity index (χ0v) is 9.01. The Morgan fingerprint density at radius 1 is 1.07 bits per heavy atom. The predicted molar refractivity (Wildman–Crippen MR) is 61.0 cm³/mol. The third kappa shape index (κ3) is 1.75. The van der Waals surface area contributed by atoms with Crippen LogP contribution in [0.4, 0.5) is 5.69 Å². The van der Waals surface area contributed by atoms with E-state index in [0.717, 1.165) is 26.2 Å². The number of piperazine rings is 1. The van der Waals surface area contributed by atoms with Crippen LogP contribution >= 0.6 is 0 Å². The molecule has 1 aliphatic heterocycles. The number of anilines is 1. The molecule has 1 aromatic carbocycles. The topological polar surface area (TPSA) is 15.3 Å². The van der Waals surface area contributed by atoms with Crippen molar-refractivity contribution in [1.29, 1.82) is 0 Å². The van der Waals surface area contributed by atoms with Crippen molar-refractivity contribution in [3.8, 4) is 0 Å². The molecule has 0 unspecified atom stereocenters. The molecule has 0 atom stereocenters. The van der Waals surface area contributed by atoms with Gasteiger partial charge in [0.1, 0.15) is 0 Å². The zero-order valence-electron chi connectivity index (χ0n) is 9.01. The van der Waals surface area contributed by atoms with Gasteiger partial charge in [-0.2, -0.15) is 0 Å². The van der Waals surface area contributed by atoms with E-state index in [1.54, 1.807) is 0 Å². The normalized spacial score (nSPS) is 17.1. The monoisotopic (exact) mass is 190 g/mol. The van der Waals surface area contributed by atoms with Crippen LogP contribution in [0.2, 0.25) is 0 Å². The summed E-state index contributed by atoms with van der Waals surface area (Å²) >= 11 is 0. The van der Waals surface area contributed by atoms with Gasteiger partial charge in [-0.3, -0.25) is 0 Å². The van der Waals surface area contributed by atoms with Crippen molar-refractivity contribution in [3.05, 3.63) is 29.3 Å². The van der Waals surface area contributed by atoms with Gasteiger partial charge in [-0.25, -0.2) is 0 Å². The quantitative estimate of drug-likeness (QED) is 0.725. The largest absolute Gasteiger partial charge is 0.369 e. The highest BCUT2D eigenvalue weighted by Crippen LogP contribution is 2.24. The third-order valence-corrected chi connectivity index (χ3v) is 2.87. The minimum Gasteiger partial charge on any atom is -0.369 e. The molecule has 1 N–H and O–H groups in total. The zero-order chi connectivity index (χ0) is 9.97. The Labute approximate surface area is 85.9 Å². The van der Waals surface area contributed by atoms with Gasteiger partial charge >= 0.3 is 0 Å². The van der Waals surface area contributed by atoms with Crippen molar-refractivity contribution in [2.45, 2.75) is 13.8 Å². The van der Waals surface area contributed by atoms with Crippen molar-refractivity contribution in [1.82, 2.24) is 5.32 Å². The van der Waals surface area contributed by atoms with E-state index in [0.29, 0.717) is 0 Å². The molecule has 0 amide bonds. The van der Waals surface area contributed by atoms with Crippen LogP contribution in [0.5, 0.6) is 0 Å². The van der Waals surface area contributed by atoms with Crippen molar-refractivity contribution in [2.24, 2.45) is 0 Å². The molecule has 1 fully saturated rings. The lowest BCUT2D eigenvalue weighted by atomic mass is 10.1. The number of hydrogen-bond donors (Lipinski definition) is 1. The van der Waals surface area contributed by atoms with Crippen LogP contribution in [-0.4, -0.2) is 26.2 Å². The maximum absolute atomic E-state index is 3.38. The highest BCUT2D eigenvalue weighted by molar-refractivity contribution is 5.59. The second-order valence-electron chi connectivity index (χ2n) is 3.98. The highest BCUT2D eigenvalue weighted by Gasteiger charge is 2.13. The summed E-state index contributed by atoms with van der Waals surface area (Å²) in [5.41, 5.74) is 4.23. The van der Waals surface area contributed by atoms with E-state index >= 15 is 0 Å². The second-order valence-corrected chi connectivity index (χ2v) is 3.98. The Kier molecular flexibility index (Phi) is 2.73. The summed E-state index contributed by atoms with van der Waals surface area (Å²) in [6, 6.07) is 6.53. The number of para-hydroxylation sites is 1. The molecule has 76 valence electrons. The first-order valence-electron chi connectivity index (χ1n) is 5.31. The molecule has 0 bridgehead atoms. The van der Waals surface area contributed by atoms with Gasteiger partial charge in [-0.1, -0.05) is 18.2 Å². The summed E-state index contributed by atoms with van der Waals surface area (Å²) in [4.78, 5) is 2.49. The molecule has 1 saturated heterocycles. The smallest absolute Gasteiger partial charge is 0.0426 e. The van der Waals surface area contributed by atoms with E-state index in [9.17, 15) is 0 Å². The van der Waals surface area contributed by atoms with Crippen LogP contribution in [-0.2, 0) is 0 Å². The summed E-state index contributed by atoms with van der Waals surface area (Å²) in [5.74, 6) is 0. The van der Waals surface area contributed by atoms with Crippen LogP contribution in [0.3, 0.4) is 0 Å². The van der Waals surface area contributed by atoms with Crippen molar-refractivity contribution in [3.63, 3.8) is 0 Å². The summed E-state index contributed by atoms with van der Waals surface area (Å²) in [6.45, 7) is 8.87. The molecule has 14 heavy (non-hydrogen) atoms. The van der Waals surface area contributed by atoms with Gasteiger partial charge in [0.25, 0.3) is 0 Å². The molecule has 1 heterocycles.